The number of aromatic nitrogens is 3. The zero-order valence-electron chi connectivity index (χ0n) is 14.9. The predicted molar refractivity (Wildman–Crippen MR) is 111 cm³/mol. The highest BCUT2D eigenvalue weighted by Gasteiger charge is 2.16. The fraction of sp³-hybridized carbons (Fsp3) is 0.263. The third-order valence-corrected chi connectivity index (χ3v) is 5.00. The van der Waals surface area contributed by atoms with Crippen molar-refractivity contribution < 1.29 is 0 Å². The molecule has 0 unspecified atom stereocenters. The van der Waals surface area contributed by atoms with Gasteiger partial charge in [-0.2, -0.15) is 20.1 Å². The molecule has 0 amide bonds. The smallest absolute Gasteiger partial charge is 0.250 e. The first-order valence-electron chi connectivity index (χ1n) is 9.02. The molecule has 1 aromatic carbocycles. The molecule has 0 saturated carbocycles. The van der Waals surface area contributed by atoms with Crippen molar-refractivity contribution in [1.82, 2.24) is 15.0 Å². The topological polar surface area (TPSA) is 78.3 Å². The average Bonchev–Trinajstić information content (AvgIpc) is 3.23. The number of anilines is 4. The molecule has 2 aromatic heterocycles. The Morgan fingerprint density at radius 3 is 2.52 bits per heavy atom. The molecular weight excluding hydrogens is 358 g/mol. The second-order valence-electron chi connectivity index (χ2n) is 6.21. The highest BCUT2D eigenvalue weighted by molar-refractivity contribution is 7.11. The third-order valence-electron chi connectivity index (χ3n) is 4.19. The van der Waals surface area contributed by atoms with Crippen molar-refractivity contribution in [2.24, 2.45) is 5.10 Å². The summed E-state index contributed by atoms with van der Waals surface area (Å²) in [5, 5.41) is 9.52. The van der Waals surface area contributed by atoms with Gasteiger partial charge >= 0.3 is 0 Å². The van der Waals surface area contributed by atoms with Crippen LogP contribution in [0.15, 0.2) is 52.9 Å². The van der Waals surface area contributed by atoms with E-state index in [-0.39, 0.29) is 0 Å². The number of nitrogens with zero attached hydrogens (tertiary/aromatic N) is 5. The van der Waals surface area contributed by atoms with Gasteiger partial charge in [0.25, 0.3) is 0 Å². The minimum absolute atomic E-state index is 0.428. The molecule has 3 aromatic rings. The van der Waals surface area contributed by atoms with Gasteiger partial charge in [0.2, 0.25) is 17.8 Å². The molecule has 0 bridgehead atoms. The Kier molecular flexibility index (Phi) is 5.54. The first-order chi connectivity index (χ1) is 13.4. The molecule has 1 saturated heterocycles. The molecule has 4 rings (SSSR count). The van der Waals surface area contributed by atoms with Crippen LogP contribution in [-0.2, 0) is 0 Å². The van der Waals surface area contributed by atoms with Gasteiger partial charge in [-0.3, -0.25) is 0 Å². The van der Waals surface area contributed by atoms with E-state index in [9.17, 15) is 0 Å². The molecule has 8 heteroatoms. The van der Waals surface area contributed by atoms with E-state index in [4.69, 9.17) is 0 Å². The third kappa shape index (κ3) is 4.79. The molecule has 7 nitrogen and oxygen atoms in total. The Labute approximate surface area is 162 Å². The summed E-state index contributed by atoms with van der Waals surface area (Å²) in [7, 11) is 0. The van der Waals surface area contributed by atoms with Crippen LogP contribution in [0, 0.1) is 0 Å². The van der Waals surface area contributed by atoms with Crippen LogP contribution < -0.4 is 15.6 Å². The summed E-state index contributed by atoms with van der Waals surface area (Å²) in [6.07, 6.45) is 5.34. The molecule has 2 N–H and O–H groups in total. The lowest BCUT2D eigenvalue weighted by atomic mass is 10.1. The van der Waals surface area contributed by atoms with Crippen LogP contribution in [0.2, 0.25) is 0 Å². The molecule has 1 aliphatic heterocycles. The Balaban J connectivity index is 1.57. The molecule has 3 heterocycles. The lowest BCUT2D eigenvalue weighted by Crippen LogP contribution is -2.31. The normalized spacial score (nSPS) is 14.4. The number of thiophene rings is 1. The number of hydrogen-bond donors (Lipinski definition) is 2. The van der Waals surface area contributed by atoms with Crippen LogP contribution in [-0.4, -0.2) is 34.3 Å². The van der Waals surface area contributed by atoms with Crippen LogP contribution in [0.1, 0.15) is 24.1 Å². The van der Waals surface area contributed by atoms with E-state index in [1.807, 2.05) is 47.8 Å². The minimum atomic E-state index is 0.428. The number of piperidine rings is 1. The lowest BCUT2D eigenvalue weighted by molar-refractivity contribution is 0.568. The zero-order chi connectivity index (χ0) is 18.3. The van der Waals surface area contributed by atoms with Gasteiger partial charge in [-0.1, -0.05) is 24.3 Å². The standard InChI is InChI=1S/C19H21N7S/c1-3-8-15(9-4-1)21-17-22-18(25-20-14-16-10-7-13-27-16)24-19(23-17)26-11-5-2-6-12-26/h1,3-4,7-10,13-14H,2,5-6,11-12H2,(H2,21,22,23,24,25)/b20-14+. The van der Waals surface area contributed by atoms with Gasteiger partial charge in [-0.05, 0) is 42.8 Å². The predicted octanol–water partition coefficient (Wildman–Crippen LogP) is 4.11. The number of rotatable bonds is 6. The average molecular weight is 379 g/mol. The van der Waals surface area contributed by atoms with Crippen molar-refractivity contribution in [3.63, 3.8) is 0 Å². The highest BCUT2D eigenvalue weighted by Crippen LogP contribution is 2.20. The molecule has 0 atom stereocenters. The van der Waals surface area contributed by atoms with E-state index in [0.29, 0.717) is 17.8 Å². The Hall–Kier alpha value is -3.00. The molecule has 1 aliphatic rings. The van der Waals surface area contributed by atoms with E-state index < -0.39 is 0 Å². The van der Waals surface area contributed by atoms with E-state index in [1.165, 1.54) is 6.42 Å². The second-order valence-corrected chi connectivity index (χ2v) is 7.19. The van der Waals surface area contributed by atoms with Crippen LogP contribution in [0.5, 0.6) is 0 Å². The first kappa shape index (κ1) is 17.4. The Bertz CT molecular complexity index is 874. The maximum absolute atomic E-state index is 4.61. The monoisotopic (exact) mass is 379 g/mol. The number of benzene rings is 1. The molecule has 27 heavy (non-hydrogen) atoms. The van der Waals surface area contributed by atoms with Crippen LogP contribution in [0.25, 0.3) is 0 Å². The van der Waals surface area contributed by atoms with Crippen LogP contribution >= 0.6 is 11.3 Å². The lowest BCUT2D eigenvalue weighted by Gasteiger charge is -2.26. The van der Waals surface area contributed by atoms with Crippen LogP contribution in [0.3, 0.4) is 0 Å². The second kappa shape index (κ2) is 8.59. The van der Waals surface area contributed by atoms with Crippen molar-refractivity contribution in [2.75, 3.05) is 28.7 Å². The van der Waals surface area contributed by atoms with Crippen molar-refractivity contribution in [2.45, 2.75) is 19.3 Å². The Morgan fingerprint density at radius 1 is 0.926 bits per heavy atom. The first-order valence-corrected chi connectivity index (χ1v) is 9.90. The largest absolute Gasteiger partial charge is 0.341 e. The van der Waals surface area contributed by atoms with E-state index in [2.05, 4.69) is 35.7 Å². The maximum atomic E-state index is 4.61. The quantitative estimate of drug-likeness (QED) is 0.496. The van der Waals surface area contributed by atoms with Crippen molar-refractivity contribution in [3.8, 4) is 0 Å². The molecule has 1 fully saturated rings. The van der Waals surface area contributed by atoms with Gasteiger partial charge in [0.05, 0.1) is 6.21 Å². The fourth-order valence-electron chi connectivity index (χ4n) is 2.87. The summed E-state index contributed by atoms with van der Waals surface area (Å²) in [6, 6.07) is 13.9. The van der Waals surface area contributed by atoms with Gasteiger partial charge in [-0.25, -0.2) is 5.43 Å². The number of hydrazone groups is 1. The summed E-state index contributed by atoms with van der Waals surface area (Å²) in [6.45, 7) is 1.93. The summed E-state index contributed by atoms with van der Waals surface area (Å²) in [5.41, 5.74) is 3.87. The fourth-order valence-corrected chi connectivity index (χ4v) is 3.46. The molecule has 0 aliphatic carbocycles. The zero-order valence-corrected chi connectivity index (χ0v) is 15.7. The summed E-state index contributed by atoms with van der Waals surface area (Å²) in [5.74, 6) is 1.61. The molecule has 138 valence electrons. The van der Waals surface area contributed by atoms with Gasteiger partial charge in [-0.15, -0.1) is 11.3 Å². The summed E-state index contributed by atoms with van der Waals surface area (Å²) < 4.78 is 0. The maximum Gasteiger partial charge on any atom is 0.250 e. The molecular formula is C19H21N7S. The van der Waals surface area contributed by atoms with E-state index in [0.717, 1.165) is 36.5 Å². The van der Waals surface area contributed by atoms with Gasteiger partial charge in [0.1, 0.15) is 0 Å². The van der Waals surface area contributed by atoms with E-state index in [1.54, 1.807) is 17.6 Å². The Morgan fingerprint density at radius 2 is 1.74 bits per heavy atom. The van der Waals surface area contributed by atoms with Crippen molar-refractivity contribution in [1.29, 1.82) is 0 Å². The van der Waals surface area contributed by atoms with Crippen molar-refractivity contribution >= 4 is 41.1 Å². The van der Waals surface area contributed by atoms with Gasteiger partial charge < -0.3 is 10.2 Å². The number of para-hydroxylation sites is 1. The van der Waals surface area contributed by atoms with Gasteiger partial charge in [0, 0.05) is 23.7 Å². The molecule has 0 radical (unpaired) electrons. The van der Waals surface area contributed by atoms with Gasteiger partial charge in [0.15, 0.2) is 0 Å². The summed E-state index contributed by atoms with van der Waals surface area (Å²) >= 11 is 1.63. The van der Waals surface area contributed by atoms with Crippen LogP contribution in [0.4, 0.5) is 23.5 Å². The van der Waals surface area contributed by atoms with E-state index >= 15 is 0 Å². The highest BCUT2D eigenvalue weighted by atomic mass is 32.1. The number of hydrogen-bond acceptors (Lipinski definition) is 8. The SMILES string of the molecule is C(=N\Nc1nc(Nc2ccccc2)nc(N2CCCCC2)n1)/c1cccs1. The number of nitrogens with one attached hydrogen (secondary N) is 2. The minimum Gasteiger partial charge on any atom is -0.341 e. The molecule has 0 spiro atoms. The summed E-state index contributed by atoms with van der Waals surface area (Å²) in [4.78, 5) is 16.9. The van der Waals surface area contributed by atoms with Crippen molar-refractivity contribution in [3.05, 3.63) is 52.7 Å².